The fraction of sp³-hybridized carbons (Fsp3) is 0.600. The Morgan fingerprint density at radius 2 is 1.48 bits per heavy atom. The fourth-order valence-corrected chi connectivity index (χ4v) is 5.82. The zero-order valence-electron chi connectivity index (χ0n) is 16.5. The van der Waals surface area contributed by atoms with Crippen LogP contribution in [-0.4, -0.2) is 0 Å². The third-order valence-electron chi connectivity index (χ3n) is 7.43. The van der Waals surface area contributed by atoms with E-state index in [1.807, 2.05) is 6.07 Å². The summed E-state index contributed by atoms with van der Waals surface area (Å²) >= 11 is 0. The summed E-state index contributed by atoms with van der Waals surface area (Å²) in [5, 5.41) is 1.22. The summed E-state index contributed by atoms with van der Waals surface area (Å²) in [5.41, 5.74) is 1.30. The fourth-order valence-electron chi connectivity index (χ4n) is 5.82. The third-order valence-corrected chi connectivity index (χ3v) is 7.43. The molecule has 2 aromatic carbocycles. The van der Waals surface area contributed by atoms with E-state index in [9.17, 15) is 8.78 Å². The van der Waals surface area contributed by atoms with Crippen molar-refractivity contribution in [1.82, 2.24) is 0 Å². The van der Waals surface area contributed by atoms with E-state index in [0.717, 1.165) is 23.1 Å². The highest BCUT2D eigenvalue weighted by atomic mass is 19.2. The predicted octanol–water partition coefficient (Wildman–Crippen LogP) is 8.00. The van der Waals surface area contributed by atoms with Gasteiger partial charge in [-0.2, -0.15) is 0 Å². The quantitative estimate of drug-likeness (QED) is 0.511. The van der Waals surface area contributed by atoms with E-state index in [1.54, 1.807) is 12.1 Å². The van der Waals surface area contributed by atoms with E-state index >= 15 is 0 Å². The van der Waals surface area contributed by atoms with E-state index < -0.39 is 11.6 Å². The molecular formula is C25H32F2. The molecule has 27 heavy (non-hydrogen) atoms. The molecular weight excluding hydrogens is 338 g/mol. The van der Waals surface area contributed by atoms with Crippen molar-refractivity contribution < 1.29 is 8.78 Å². The topological polar surface area (TPSA) is 0 Å². The Balaban J connectivity index is 1.37. The maximum Gasteiger partial charge on any atom is 0.166 e. The Hall–Kier alpha value is -1.44. The minimum absolute atomic E-state index is 0.399. The summed E-state index contributed by atoms with van der Waals surface area (Å²) < 4.78 is 27.3. The summed E-state index contributed by atoms with van der Waals surface area (Å²) in [6, 6.07) is 8.82. The van der Waals surface area contributed by atoms with Crippen molar-refractivity contribution in [1.29, 1.82) is 0 Å². The van der Waals surface area contributed by atoms with Crippen LogP contribution in [0.15, 0.2) is 30.3 Å². The lowest BCUT2D eigenvalue weighted by atomic mass is 9.68. The molecule has 2 fully saturated rings. The number of fused-ring (bicyclic) bond motifs is 1. The van der Waals surface area contributed by atoms with Crippen LogP contribution in [-0.2, 0) is 0 Å². The molecule has 0 unspecified atom stereocenters. The molecule has 0 atom stereocenters. The average molecular weight is 371 g/mol. The highest BCUT2D eigenvalue weighted by Crippen LogP contribution is 2.44. The summed E-state index contributed by atoms with van der Waals surface area (Å²) in [7, 11) is 0. The first-order chi connectivity index (χ1) is 13.2. The van der Waals surface area contributed by atoms with E-state index in [-0.39, 0.29) is 0 Å². The largest absolute Gasteiger partial charge is 0.204 e. The Bertz CT molecular complexity index is 765. The number of hydrogen-bond acceptors (Lipinski definition) is 0. The second-order valence-corrected chi connectivity index (χ2v) is 9.02. The first-order valence-corrected chi connectivity index (χ1v) is 11.0. The van der Waals surface area contributed by atoms with Crippen molar-refractivity contribution in [3.63, 3.8) is 0 Å². The van der Waals surface area contributed by atoms with Crippen molar-refractivity contribution in [2.24, 2.45) is 17.8 Å². The summed E-state index contributed by atoms with van der Waals surface area (Å²) in [4.78, 5) is 0. The van der Waals surface area contributed by atoms with Gasteiger partial charge in [0, 0.05) is 5.39 Å². The van der Waals surface area contributed by atoms with Crippen molar-refractivity contribution in [2.45, 2.75) is 77.0 Å². The normalized spacial score (nSPS) is 29.1. The molecule has 0 N–H and O–H groups in total. The lowest BCUT2D eigenvalue weighted by Gasteiger charge is -2.38. The maximum atomic E-state index is 13.9. The van der Waals surface area contributed by atoms with Gasteiger partial charge in [0.05, 0.1) is 0 Å². The van der Waals surface area contributed by atoms with Gasteiger partial charge in [-0.3, -0.25) is 0 Å². The Labute approximate surface area is 162 Å². The molecule has 4 rings (SSSR count). The standard InChI is InChI=1S/C25H32F2/c1-2-3-17-4-6-18(7-5-17)19-8-10-20(11-9-19)21-12-14-23-22(16-21)13-15-24(26)25(23)27/h12-20H,2-11H2,1H3. The van der Waals surface area contributed by atoms with Crippen LogP contribution in [0.5, 0.6) is 0 Å². The molecule has 0 saturated heterocycles. The van der Waals surface area contributed by atoms with Crippen LogP contribution in [0.1, 0.15) is 82.6 Å². The average Bonchev–Trinajstić information content (AvgIpc) is 2.72. The van der Waals surface area contributed by atoms with Gasteiger partial charge < -0.3 is 0 Å². The number of halogens is 2. The molecule has 2 aliphatic rings. The SMILES string of the molecule is CCCC1CCC(C2CCC(c3ccc4c(F)c(F)ccc4c3)CC2)CC1. The third kappa shape index (κ3) is 4.05. The second-order valence-electron chi connectivity index (χ2n) is 9.02. The lowest BCUT2D eigenvalue weighted by Crippen LogP contribution is -2.25. The number of rotatable bonds is 4. The van der Waals surface area contributed by atoms with Gasteiger partial charge in [0.1, 0.15) is 0 Å². The molecule has 0 bridgehead atoms. The zero-order valence-corrected chi connectivity index (χ0v) is 16.5. The van der Waals surface area contributed by atoms with Gasteiger partial charge in [-0.15, -0.1) is 0 Å². The van der Waals surface area contributed by atoms with Crippen molar-refractivity contribution >= 4 is 10.8 Å². The molecule has 0 heterocycles. The van der Waals surface area contributed by atoms with Crippen LogP contribution in [0.2, 0.25) is 0 Å². The summed E-state index contributed by atoms with van der Waals surface area (Å²) in [6.07, 6.45) is 13.7. The second kappa shape index (κ2) is 8.29. The lowest BCUT2D eigenvalue weighted by molar-refractivity contribution is 0.156. The molecule has 0 nitrogen and oxygen atoms in total. The van der Waals surface area contributed by atoms with Crippen LogP contribution in [0.4, 0.5) is 8.78 Å². The molecule has 0 aromatic heterocycles. The van der Waals surface area contributed by atoms with Gasteiger partial charge in [0.25, 0.3) is 0 Å². The molecule has 2 saturated carbocycles. The molecule has 0 amide bonds. The Kier molecular flexibility index (Phi) is 5.80. The van der Waals surface area contributed by atoms with E-state index in [0.29, 0.717) is 11.3 Å². The van der Waals surface area contributed by atoms with Crippen molar-refractivity contribution in [3.05, 3.63) is 47.5 Å². The van der Waals surface area contributed by atoms with Crippen LogP contribution >= 0.6 is 0 Å². The van der Waals surface area contributed by atoms with Gasteiger partial charge in [0.2, 0.25) is 0 Å². The minimum atomic E-state index is -0.760. The monoisotopic (exact) mass is 370 g/mol. The van der Waals surface area contributed by atoms with Crippen LogP contribution in [0, 0.1) is 29.4 Å². The molecule has 0 aliphatic heterocycles. The molecule has 146 valence electrons. The Morgan fingerprint density at radius 3 is 2.15 bits per heavy atom. The van der Waals surface area contributed by atoms with Crippen LogP contribution in [0.3, 0.4) is 0 Å². The van der Waals surface area contributed by atoms with Crippen LogP contribution < -0.4 is 0 Å². The molecule has 2 aromatic rings. The van der Waals surface area contributed by atoms with E-state index in [1.165, 1.54) is 75.8 Å². The summed E-state index contributed by atoms with van der Waals surface area (Å²) in [5.74, 6) is 1.95. The number of benzene rings is 2. The van der Waals surface area contributed by atoms with E-state index in [4.69, 9.17) is 0 Å². The smallest absolute Gasteiger partial charge is 0.166 e. The first kappa shape index (κ1) is 18.9. The highest BCUT2D eigenvalue weighted by molar-refractivity contribution is 5.84. The summed E-state index contributed by atoms with van der Waals surface area (Å²) in [6.45, 7) is 2.31. The molecule has 0 spiro atoms. The molecule has 2 aliphatic carbocycles. The van der Waals surface area contributed by atoms with Gasteiger partial charge in [-0.05, 0) is 79.2 Å². The maximum absolute atomic E-state index is 13.9. The van der Waals surface area contributed by atoms with Gasteiger partial charge in [0.15, 0.2) is 11.6 Å². The predicted molar refractivity (Wildman–Crippen MR) is 109 cm³/mol. The molecule has 2 heteroatoms. The van der Waals surface area contributed by atoms with Crippen molar-refractivity contribution in [2.75, 3.05) is 0 Å². The van der Waals surface area contributed by atoms with Crippen molar-refractivity contribution in [3.8, 4) is 0 Å². The Morgan fingerprint density at radius 1 is 0.815 bits per heavy atom. The van der Waals surface area contributed by atoms with Crippen LogP contribution in [0.25, 0.3) is 10.8 Å². The first-order valence-electron chi connectivity index (χ1n) is 11.0. The minimum Gasteiger partial charge on any atom is -0.204 e. The van der Waals surface area contributed by atoms with Gasteiger partial charge in [-0.1, -0.05) is 56.9 Å². The number of hydrogen-bond donors (Lipinski definition) is 0. The van der Waals surface area contributed by atoms with Gasteiger partial charge >= 0.3 is 0 Å². The highest BCUT2D eigenvalue weighted by Gasteiger charge is 2.31. The van der Waals surface area contributed by atoms with E-state index in [2.05, 4.69) is 13.0 Å². The van der Waals surface area contributed by atoms with Gasteiger partial charge in [-0.25, -0.2) is 8.78 Å². The zero-order chi connectivity index (χ0) is 18.8. The molecule has 0 radical (unpaired) electrons.